The van der Waals surface area contributed by atoms with E-state index in [1.54, 1.807) is 0 Å². The zero-order valence-electron chi connectivity index (χ0n) is 17.0. The van der Waals surface area contributed by atoms with Crippen LogP contribution in [0.4, 0.5) is 0 Å². The Kier molecular flexibility index (Phi) is 6.01. The topological polar surface area (TPSA) is 41.4 Å². The average Bonchev–Trinajstić information content (AvgIpc) is 3.11. The SMILES string of the molecule is CCN(C)C(=O)C1CCN(Cc2nc3ccccc3n2-c2cccc(Br)c2)CC1. The van der Waals surface area contributed by atoms with Gasteiger partial charge < -0.3 is 4.90 Å². The van der Waals surface area contributed by atoms with Gasteiger partial charge in [-0.05, 0) is 63.2 Å². The summed E-state index contributed by atoms with van der Waals surface area (Å²) >= 11 is 3.59. The first-order chi connectivity index (χ1) is 14.1. The van der Waals surface area contributed by atoms with Gasteiger partial charge in [0.2, 0.25) is 5.91 Å². The molecule has 0 radical (unpaired) electrons. The summed E-state index contributed by atoms with van der Waals surface area (Å²) < 4.78 is 3.31. The highest BCUT2D eigenvalue weighted by molar-refractivity contribution is 9.10. The Morgan fingerprint density at radius 1 is 1.17 bits per heavy atom. The molecule has 3 aromatic rings. The number of rotatable bonds is 5. The second-order valence-electron chi connectivity index (χ2n) is 7.73. The first kappa shape index (κ1) is 20.1. The number of amides is 1. The van der Waals surface area contributed by atoms with Gasteiger partial charge in [-0.2, -0.15) is 0 Å². The lowest BCUT2D eigenvalue weighted by molar-refractivity contribution is -0.135. The molecule has 2 aromatic carbocycles. The fourth-order valence-corrected chi connectivity index (χ4v) is 4.48. The molecule has 1 fully saturated rings. The molecule has 1 saturated heterocycles. The van der Waals surface area contributed by atoms with Gasteiger partial charge in [-0.1, -0.05) is 34.1 Å². The van der Waals surface area contributed by atoms with Crippen molar-refractivity contribution >= 4 is 32.9 Å². The van der Waals surface area contributed by atoms with Crippen molar-refractivity contribution in [2.75, 3.05) is 26.7 Å². The van der Waals surface area contributed by atoms with E-state index < -0.39 is 0 Å². The number of nitrogens with zero attached hydrogens (tertiary/aromatic N) is 4. The monoisotopic (exact) mass is 454 g/mol. The maximum absolute atomic E-state index is 12.5. The summed E-state index contributed by atoms with van der Waals surface area (Å²) in [5.41, 5.74) is 3.24. The van der Waals surface area contributed by atoms with E-state index in [4.69, 9.17) is 4.98 Å². The van der Waals surface area contributed by atoms with Crippen molar-refractivity contribution in [3.63, 3.8) is 0 Å². The minimum Gasteiger partial charge on any atom is -0.346 e. The Balaban J connectivity index is 1.56. The Labute approximate surface area is 180 Å². The fraction of sp³-hybridized carbons (Fsp3) is 0.391. The zero-order valence-corrected chi connectivity index (χ0v) is 18.6. The molecular formula is C23H27BrN4O. The van der Waals surface area contributed by atoms with E-state index in [9.17, 15) is 4.79 Å². The molecule has 2 heterocycles. The lowest BCUT2D eigenvalue weighted by Crippen LogP contribution is -2.41. The molecule has 4 rings (SSSR count). The van der Waals surface area contributed by atoms with Crippen LogP contribution in [0.3, 0.4) is 0 Å². The minimum absolute atomic E-state index is 0.153. The van der Waals surface area contributed by atoms with Gasteiger partial charge in [-0.25, -0.2) is 4.98 Å². The number of fused-ring (bicyclic) bond motifs is 1. The molecule has 0 spiro atoms. The number of para-hydroxylation sites is 2. The summed E-state index contributed by atoms with van der Waals surface area (Å²) in [4.78, 5) is 21.7. The molecule has 1 aliphatic rings. The van der Waals surface area contributed by atoms with Gasteiger partial charge in [0.05, 0.1) is 17.6 Å². The van der Waals surface area contributed by atoms with Crippen molar-refractivity contribution in [1.82, 2.24) is 19.4 Å². The number of piperidine rings is 1. The fourth-order valence-electron chi connectivity index (χ4n) is 4.09. The maximum atomic E-state index is 12.5. The van der Waals surface area contributed by atoms with E-state index >= 15 is 0 Å². The summed E-state index contributed by atoms with van der Waals surface area (Å²) in [6.07, 6.45) is 1.83. The molecule has 0 atom stereocenters. The quantitative estimate of drug-likeness (QED) is 0.570. The van der Waals surface area contributed by atoms with Crippen molar-refractivity contribution in [3.05, 3.63) is 58.8 Å². The van der Waals surface area contributed by atoms with Crippen LogP contribution in [0.1, 0.15) is 25.6 Å². The van der Waals surface area contributed by atoms with E-state index in [1.807, 2.05) is 31.0 Å². The van der Waals surface area contributed by atoms with Gasteiger partial charge in [0.15, 0.2) is 0 Å². The van der Waals surface area contributed by atoms with Gasteiger partial charge in [0.1, 0.15) is 5.82 Å². The van der Waals surface area contributed by atoms with Crippen LogP contribution in [-0.4, -0.2) is 51.9 Å². The van der Waals surface area contributed by atoms with Crippen molar-refractivity contribution in [3.8, 4) is 5.69 Å². The minimum atomic E-state index is 0.153. The lowest BCUT2D eigenvalue weighted by Gasteiger charge is -2.32. The first-order valence-corrected chi connectivity index (χ1v) is 11.1. The Morgan fingerprint density at radius 3 is 2.66 bits per heavy atom. The van der Waals surface area contributed by atoms with Crippen molar-refractivity contribution in [2.24, 2.45) is 5.92 Å². The van der Waals surface area contributed by atoms with Crippen LogP contribution in [0.15, 0.2) is 53.0 Å². The number of halogens is 1. The molecule has 0 aliphatic carbocycles. The smallest absolute Gasteiger partial charge is 0.225 e. The predicted octanol–water partition coefficient (Wildman–Crippen LogP) is 4.48. The van der Waals surface area contributed by atoms with Crippen LogP contribution < -0.4 is 0 Å². The van der Waals surface area contributed by atoms with E-state index in [0.717, 1.165) is 66.0 Å². The molecule has 0 bridgehead atoms. The molecule has 1 aromatic heterocycles. The summed E-state index contributed by atoms with van der Waals surface area (Å²) in [6, 6.07) is 16.6. The van der Waals surface area contributed by atoms with Crippen LogP contribution in [0, 0.1) is 5.92 Å². The van der Waals surface area contributed by atoms with Crippen molar-refractivity contribution < 1.29 is 4.79 Å². The van der Waals surface area contributed by atoms with Gasteiger partial charge in [-0.3, -0.25) is 14.3 Å². The predicted molar refractivity (Wildman–Crippen MR) is 120 cm³/mol. The van der Waals surface area contributed by atoms with E-state index in [0.29, 0.717) is 0 Å². The molecule has 0 N–H and O–H groups in total. The van der Waals surface area contributed by atoms with E-state index in [2.05, 4.69) is 61.8 Å². The molecule has 1 aliphatic heterocycles. The highest BCUT2D eigenvalue weighted by Gasteiger charge is 2.27. The van der Waals surface area contributed by atoms with Crippen molar-refractivity contribution in [2.45, 2.75) is 26.3 Å². The molecule has 0 saturated carbocycles. The number of aromatic nitrogens is 2. The zero-order chi connectivity index (χ0) is 20.4. The van der Waals surface area contributed by atoms with Crippen LogP contribution in [-0.2, 0) is 11.3 Å². The molecule has 5 nitrogen and oxygen atoms in total. The molecule has 152 valence electrons. The van der Waals surface area contributed by atoms with Gasteiger partial charge >= 0.3 is 0 Å². The number of carbonyl (C=O) groups is 1. The number of hydrogen-bond donors (Lipinski definition) is 0. The normalized spacial score (nSPS) is 15.7. The second kappa shape index (κ2) is 8.67. The average molecular weight is 455 g/mol. The number of likely N-dealkylation sites (tertiary alicyclic amines) is 1. The van der Waals surface area contributed by atoms with Crippen LogP contribution in [0.2, 0.25) is 0 Å². The Hall–Kier alpha value is -2.18. The number of benzene rings is 2. The third-order valence-corrected chi connectivity index (χ3v) is 6.34. The highest BCUT2D eigenvalue weighted by Crippen LogP contribution is 2.26. The summed E-state index contributed by atoms with van der Waals surface area (Å²) in [7, 11) is 1.90. The third kappa shape index (κ3) is 4.23. The largest absolute Gasteiger partial charge is 0.346 e. The van der Waals surface area contributed by atoms with E-state index in [1.165, 1.54) is 0 Å². The maximum Gasteiger partial charge on any atom is 0.225 e. The van der Waals surface area contributed by atoms with Crippen LogP contribution >= 0.6 is 15.9 Å². The standard InChI is InChI=1S/C23H27BrN4O/c1-3-26(2)23(29)17-11-13-27(14-12-17)16-22-25-20-9-4-5-10-21(20)28(22)19-8-6-7-18(24)15-19/h4-10,15,17H,3,11-14,16H2,1-2H3. The van der Waals surface area contributed by atoms with Gasteiger partial charge in [0, 0.05) is 29.7 Å². The lowest BCUT2D eigenvalue weighted by atomic mass is 9.95. The van der Waals surface area contributed by atoms with Crippen LogP contribution in [0.25, 0.3) is 16.7 Å². The third-order valence-electron chi connectivity index (χ3n) is 5.85. The molecule has 29 heavy (non-hydrogen) atoms. The van der Waals surface area contributed by atoms with Gasteiger partial charge in [-0.15, -0.1) is 0 Å². The number of hydrogen-bond acceptors (Lipinski definition) is 3. The molecular weight excluding hydrogens is 428 g/mol. The summed E-state index contributed by atoms with van der Waals surface area (Å²) in [5, 5.41) is 0. The number of imidazole rings is 1. The number of carbonyl (C=O) groups excluding carboxylic acids is 1. The molecule has 6 heteroatoms. The Morgan fingerprint density at radius 2 is 1.93 bits per heavy atom. The summed E-state index contributed by atoms with van der Waals surface area (Å²) in [6.45, 7) is 5.44. The second-order valence-corrected chi connectivity index (χ2v) is 8.65. The van der Waals surface area contributed by atoms with E-state index in [-0.39, 0.29) is 11.8 Å². The van der Waals surface area contributed by atoms with Crippen molar-refractivity contribution in [1.29, 1.82) is 0 Å². The first-order valence-electron chi connectivity index (χ1n) is 10.3. The molecule has 1 amide bonds. The van der Waals surface area contributed by atoms with Gasteiger partial charge in [0.25, 0.3) is 0 Å². The summed E-state index contributed by atoms with van der Waals surface area (Å²) in [5.74, 6) is 1.48. The Bertz CT molecular complexity index is 1010. The highest BCUT2D eigenvalue weighted by atomic mass is 79.9. The molecule has 0 unspecified atom stereocenters. The van der Waals surface area contributed by atoms with Crippen LogP contribution in [0.5, 0.6) is 0 Å².